The first-order valence-electron chi connectivity index (χ1n) is 9.68. The highest BCUT2D eigenvalue weighted by Gasteiger charge is 2.35. The van der Waals surface area contributed by atoms with Crippen LogP contribution in [0.4, 0.5) is 11.4 Å². The molecule has 0 spiro atoms. The van der Waals surface area contributed by atoms with Crippen molar-refractivity contribution in [3.8, 4) is 0 Å². The largest absolute Gasteiger partial charge is 0.345 e. The van der Waals surface area contributed by atoms with Crippen molar-refractivity contribution in [1.29, 1.82) is 0 Å². The molecule has 4 rings (SSSR count). The van der Waals surface area contributed by atoms with Gasteiger partial charge in [0.25, 0.3) is 0 Å². The van der Waals surface area contributed by atoms with Crippen LogP contribution >= 0.6 is 0 Å². The van der Waals surface area contributed by atoms with Gasteiger partial charge in [-0.25, -0.2) is 0 Å². The van der Waals surface area contributed by atoms with Crippen LogP contribution in [-0.4, -0.2) is 30.3 Å². The Kier molecular flexibility index (Phi) is 4.66. The van der Waals surface area contributed by atoms with Crippen LogP contribution in [0.3, 0.4) is 0 Å². The molecule has 138 valence electrons. The molecule has 0 atom stereocenters. The molecule has 0 saturated heterocycles. The molecular weight excluding hydrogens is 330 g/mol. The van der Waals surface area contributed by atoms with E-state index in [9.17, 15) is 14.4 Å². The molecule has 1 aromatic rings. The Labute approximate surface area is 153 Å². The normalized spacial score (nSPS) is 19.8. The van der Waals surface area contributed by atoms with Crippen molar-refractivity contribution in [3.63, 3.8) is 0 Å². The highest BCUT2D eigenvalue weighted by molar-refractivity contribution is 6.39. The molecule has 2 aliphatic carbocycles. The molecule has 0 aromatic heterocycles. The summed E-state index contributed by atoms with van der Waals surface area (Å²) >= 11 is 0. The first kappa shape index (κ1) is 17.1. The molecular formula is C20H25N3O3. The number of fused-ring (bicyclic) bond motifs is 1. The second-order valence-corrected chi connectivity index (χ2v) is 7.62. The van der Waals surface area contributed by atoms with E-state index in [0.29, 0.717) is 5.69 Å². The Morgan fingerprint density at radius 3 is 2.46 bits per heavy atom. The van der Waals surface area contributed by atoms with Crippen molar-refractivity contribution in [2.75, 3.05) is 16.8 Å². The van der Waals surface area contributed by atoms with Gasteiger partial charge in [0, 0.05) is 29.9 Å². The van der Waals surface area contributed by atoms with Gasteiger partial charge in [-0.2, -0.15) is 0 Å². The van der Waals surface area contributed by atoms with Crippen LogP contribution in [0.2, 0.25) is 0 Å². The minimum Gasteiger partial charge on any atom is -0.345 e. The summed E-state index contributed by atoms with van der Waals surface area (Å²) < 4.78 is 0. The number of rotatable bonds is 3. The van der Waals surface area contributed by atoms with E-state index in [-0.39, 0.29) is 17.9 Å². The molecule has 0 unspecified atom stereocenters. The van der Waals surface area contributed by atoms with Crippen LogP contribution < -0.4 is 15.5 Å². The molecule has 6 nitrogen and oxygen atoms in total. The van der Waals surface area contributed by atoms with E-state index < -0.39 is 11.8 Å². The fourth-order valence-electron chi connectivity index (χ4n) is 3.96. The molecule has 2 fully saturated rings. The van der Waals surface area contributed by atoms with E-state index >= 15 is 0 Å². The van der Waals surface area contributed by atoms with Gasteiger partial charge in [0.05, 0.1) is 0 Å². The summed E-state index contributed by atoms with van der Waals surface area (Å²) in [6.07, 6.45) is 7.89. The molecule has 6 heteroatoms. The Balaban J connectivity index is 1.42. The first-order chi connectivity index (χ1) is 12.6. The molecule has 0 bridgehead atoms. The third-order valence-electron chi connectivity index (χ3n) is 5.55. The van der Waals surface area contributed by atoms with Crippen LogP contribution in [-0.2, 0) is 20.8 Å². The maximum Gasteiger partial charge on any atom is 0.313 e. The summed E-state index contributed by atoms with van der Waals surface area (Å²) in [5.74, 6) is -0.781. The smallest absolute Gasteiger partial charge is 0.313 e. The number of hydrogen-bond acceptors (Lipinski definition) is 3. The zero-order valence-electron chi connectivity index (χ0n) is 14.9. The Morgan fingerprint density at radius 1 is 0.962 bits per heavy atom. The summed E-state index contributed by atoms with van der Waals surface area (Å²) in [5.41, 5.74) is 2.61. The highest BCUT2D eigenvalue weighted by atomic mass is 16.2. The van der Waals surface area contributed by atoms with E-state index in [1.54, 1.807) is 6.07 Å². The van der Waals surface area contributed by atoms with Crippen molar-refractivity contribution in [1.82, 2.24) is 5.32 Å². The van der Waals surface area contributed by atoms with Crippen LogP contribution in [0.25, 0.3) is 0 Å². The predicted molar refractivity (Wildman–Crippen MR) is 98.9 cm³/mol. The lowest BCUT2D eigenvalue weighted by molar-refractivity contribution is -0.136. The number of nitrogens with one attached hydrogen (secondary N) is 2. The molecule has 0 radical (unpaired) electrons. The lowest BCUT2D eigenvalue weighted by atomic mass is 10.0. The number of benzene rings is 1. The number of hydrogen-bond donors (Lipinski definition) is 2. The second kappa shape index (κ2) is 7.09. The average Bonchev–Trinajstić information content (AvgIpc) is 3.38. The Morgan fingerprint density at radius 2 is 1.73 bits per heavy atom. The Bertz CT molecular complexity index is 736. The zero-order chi connectivity index (χ0) is 18.1. The summed E-state index contributed by atoms with van der Waals surface area (Å²) in [7, 11) is 0. The number of nitrogens with zero attached hydrogens (tertiary/aromatic N) is 1. The molecule has 1 heterocycles. The maximum absolute atomic E-state index is 12.4. The van der Waals surface area contributed by atoms with Crippen molar-refractivity contribution in [2.24, 2.45) is 5.92 Å². The standard InChI is InChI=1S/C20H25N3O3/c24-18(21-15-5-1-2-6-15)19(25)22-16-9-10-17-14(12-16)4-3-11-23(17)20(26)13-7-8-13/h9-10,12-13,15H,1-8,11H2,(H,21,24)(H,22,25). The van der Waals surface area contributed by atoms with Gasteiger partial charge in [0.15, 0.2) is 0 Å². The lowest BCUT2D eigenvalue weighted by Crippen LogP contribution is -2.40. The van der Waals surface area contributed by atoms with Gasteiger partial charge in [-0.15, -0.1) is 0 Å². The van der Waals surface area contributed by atoms with Gasteiger partial charge in [-0.05, 0) is 62.3 Å². The molecule has 1 aliphatic heterocycles. The number of anilines is 2. The van der Waals surface area contributed by atoms with E-state index in [0.717, 1.165) is 69.2 Å². The summed E-state index contributed by atoms with van der Waals surface area (Å²) in [4.78, 5) is 38.5. The Hall–Kier alpha value is -2.37. The van der Waals surface area contributed by atoms with E-state index in [1.165, 1.54) is 0 Å². The minimum absolute atomic E-state index is 0.124. The molecule has 3 aliphatic rings. The molecule has 1 aromatic carbocycles. The molecule has 2 saturated carbocycles. The number of carbonyl (C=O) groups is 3. The summed E-state index contributed by atoms with van der Waals surface area (Å²) in [6, 6.07) is 5.68. The van der Waals surface area contributed by atoms with Gasteiger partial charge in [0.1, 0.15) is 0 Å². The fourth-order valence-corrected chi connectivity index (χ4v) is 3.96. The third-order valence-corrected chi connectivity index (χ3v) is 5.55. The quantitative estimate of drug-likeness (QED) is 0.817. The SMILES string of the molecule is O=C(Nc1ccc2c(c1)CCCN2C(=O)C1CC1)C(=O)NC1CCCC1. The van der Waals surface area contributed by atoms with Crippen LogP contribution in [0.5, 0.6) is 0 Å². The summed E-state index contributed by atoms with van der Waals surface area (Å²) in [5, 5.41) is 5.49. The van der Waals surface area contributed by atoms with Crippen molar-refractivity contribution in [3.05, 3.63) is 23.8 Å². The average molecular weight is 355 g/mol. The van der Waals surface area contributed by atoms with Crippen LogP contribution in [0.15, 0.2) is 18.2 Å². The second-order valence-electron chi connectivity index (χ2n) is 7.62. The van der Waals surface area contributed by atoms with Crippen molar-refractivity contribution in [2.45, 2.75) is 57.4 Å². The number of aryl methyl sites for hydroxylation is 1. The molecule has 26 heavy (non-hydrogen) atoms. The van der Waals surface area contributed by atoms with Gasteiger partial charge in [-0.3, -0.25) is 14.4 Å². The highest BCUT2D eigenvalue weighted by Crippen LogP contribution is 2.36. The van der Waals surface area contributed by atoms with Crippen molar-refractivity contribution >= 4 is 29.1 Å². The monoisotopic (exact) mass is 355 g/mol. The van der Waals surface area contributed by atoms with Crippen molar-refractivity contribution < 1.29 is 14.4 Å². The van der Waals surface area contributed by atoms with Gasteiger partial charge in [0.2, 0.25) is 5.91 Å². The minimum atomic E-state index is -0.626. The van der Waals surface area contributed by atoms with Crippen LogP contribution in [0, 0.1) is 5.92 Å². The van der Waals surface area contributed by atoms with Gasteiger partial charge in [-0.1, -0.05) is 12.8 Å². The first-order valence-corrected chi connectivity index (χ1v) is 9.68. The molecule has 2 N–H and O–H groups in total. The van der Waals surface area contributed by atoms with Crippen LogP contribution in [0.1, 0.15) is 50.5 Å². The maximum atomic E-state index is 12.4. The van der Waals surface area contributed by atoms with Gasteiger partial charge >= 0.3 is 11.8 Å². The van der Waals surface area contributed by atoms with E-state index in [2.05, 4.69) is 10.6 Å². The van der Waals surface area contributed by atoms with Gasteiger partial charge < -0.3 is 15.5 Å². The number of amides is 3. The predicted octanol–water partition coefficient (Wildman–Crippen LogP) is 2.37. The van der Waals surface area contributed by atoms with E-state index in [4.69, 9.17) is 0 Å². The lowest BCUT2D eigenvalue weighted by Gasteiger charge is -2.30. The number of carbonyl (C=O) groups excluding carboxylic acids is 3. The topological polar surface area (TPSA) is 78.5 Å². The zero-order valence-corrected chi connectivity index (χ0v) is 14.9. The fraction of sp³-hybridized carbons (Fsp3) is 0.550. The van der Waals surface area contributed by atoms with E-state index in [1.807, 2.05) is 17.0 Å². The summed E-state index contributed by atoms with van der Waals surface area (Å²) in [6.45, 7) is 0.762. The third kappa shape index (κ3) is 3.59. The molecule has 3 amide bonds.